The summed E-state index contributed by atoms with van der Waals surface area (Å²) in [6.45, 7) is 0.454. The molecule has 0 spiro atoms. The lowest BCUT2D eigenvalue weighted by atomic mass is 10.0. The highest BCUT2D eigenvalue weighted by molar-refractivity contribution is 5.96. The van der Waals surface area contributed by atoms with E-state index in [4.69, 9.17) is 5.11 Å². The van der Waals surface area contributed by atoms with Crippen molar-refractivity contribution in [1.29, 1.82) is 0 Å². The molecule has 0 bridgehead atoms. The molecule has 0 saturated carbocycles. The first-order valence-electron chi connectivity index (χ1n) is 8.11. The summed E-state index contributed by atoms with van der Waals surface area (Å²) < 4.78 is 53.2. The summed E-state index contributed by atoms with van der Waals surface area (Å²) in [5.74, 6) is -2.81. The number of hydrogen-bond donors (Lipinski definition) is 1. The SMILES string of the molecule is O=C(O)c1ccc(C(=O)N2CCC(n3ccc(C(F)(F)F)n3)CC2)c(F)c1. The Labute approximate surface area is 151 Å². The van der Waals surface area contributed by atoms with Gasteiger partial charge >= 0.3 is 12.1 Å². The van der Waals surface area contributed by atoms with Crippen LogP contribution in [0.5, 0.6) is 0 Å². The van der Waals surface area contributed by atoms with Crippen molar-refractivity contribution in [1.82, 2.24) is 14.7 Å². The van der Waals surface area contributed by atoms with Gasteiger partial charge in [0.05, 0.1) is 17.2 Å². The van der Waals surface area contributed by atoms with Gasteiger partial charge in [-0.1, -0.05) is 0 Å². The van der Waals surface area contributed by atoms with E-state index in [1.807, 2.05) is 0 Å². The highest BCUT2D eigenvalue weighted by Crippen LogP contribution is 2.30. The number of likely N-dealkylation sites (tertiary alicyclic amines) is 1. The van der Waals surface area contributed by atoms with Gasteiger partial charge in [-0.3, -0.25) is 9.48 Å². The number of amides is 1. The van der Waals surface area contributed by atoms with Gasteiger partial charge in [0.15, 0.2) is 5.69 Å². The zero-order valence-corrected chi connectivity index (χ0v) is 13.9. The van der Waals surface area contributed by atoms with Crippen LogP contribution in [0.1, 0.15) is 45.3 Å². The monoisotopic (exact) mass is 385 g/mol. The Morgan fingerprint density at radius 2 is 1.81 bits per heavy atom. The molecule has 1 aliphatic heterocycles. The van der Waals surface area contributed by atoms with Crippen LogP contribution >= 0.6 is 0 Å². The lowest BCUT2D eigenvalue weighted by molar-refractivity contribution is -0.141. The van der Waals surface area contributed by atoms with E-state index in [-0.39, 0.29) is 30.3 Å². The van der Waals surface area contributed by atoms with Crippen molar-refractivity contribution in [2.75, 3.05) is 13.1 Å². The second-order valence-electron chi connectivity index (χ2n) is 6.20. The fraction of sp³-hybridized carbons (Fsp3) is 0.353. The summed E-state index contributed by atoms with van der Waals surface area (Å²) in [7, 11) is 0. The maximum atomic E-state index is 14.0. The van der Waals surface area contributed by atoms with E-state index in [9.17, 15) is 27.2 Å². The van der Waals surface area contributed by atoms with E-state index in [2.05, 4.69) is 5.10 Å². The fourth-order valence-corrected chi connectivity index (χ4v) is 3.02. The van der Waals surface area contributed by atoms with Gasteiger partial charge in [-0.2, -0.15) is 18.3 Å². The number of benzene rings is 1. The minimum atomic E-state index is -4.51. The van der Waals surface area contributed by atoms with Crippen LogP contribution in [0.2, 0.25) is 0 Å². The number of hydrogen-bond acceptors (Lipinski definition) is 3. The molecule has 0 radical (unpaired) electrons. The summed E-state index contributed by atoms with van der Waals surface area (Å²) in [5, 5.41) is 12.4. The lowest BCUT2D eigenvalue weighted by Gasteiger charge is -2.32. The van der Waals surface area contributed by atoms with Crippen molar-refractivity contribution in [2.24, 2.45) is 0 Å². The van der Waals surface area contributed by atoms with E-state index in [0.29, 0.717) is 12.8 Å². The van der Waals surface area contributed by atoms with Crippen LogP contribution in [-0.2, 0) is 6.18 Å². The van der Waals surface area contributed by atoms with Gasteiger partial charge in [0.2, 0.25) is 0 Å². The van der Waals surface area contributed by atoms with Crippen molar-refractivity contribution < 1.29 is 32.3 Å². The third kappa shape index (κ3) is 3.93. The minimum absolute atomic E-state index is 0.227. The first kappa shape index (κ1) is 18.9. The van der Waals surface area contributed by atoms with Crippen LogP contribution in [0.15, 0.2) is 30.5 Å². The zero-order chi connectivity index (χ0) is 19.8. The van der Waals surface area contributed by atoms with Crippen molar-refractivity contribution in [3.63, 3.8) is 0 Å². The zero-order valence-electron chi connectivity index (χ0n) is 13.9. The molecule has 1 aromatic carbocycles. The molecule has 144 valence electrons. The first-order valence-corrected chi connectivity index (χ1v) is 8.11. The molecular weight excluding hydrogens is 370 g/mol. The highest BCUT2D eigenvalue weighted by Gasteiger charge is 2.34. The van der Waals surface area contributed by atoms with Gasteiger partial charge in [0.1, 0.15) is 5.82 Å². The number of carboxylic acid groups (broad SMARTS) is 1. The van der Waals surface area contributed by atoms with Gasteiger partial charge in [-0.05, 0) is 37.1 Å². The van der Waals surface area contributed by atoms with E-state index < -0.39 is 29.6 Å². The predicted octanol–water partition coefficient (Wildman–Crippen LogP) is 3.22. The predicted molar refractivity (Wildman–Crippen MR) is 84.8 cm³/mol. The normalized spacial score (nSPS) is 15.8. The summed E-state index contributed by atoms with van der Waals surface area (Å²) in [5.41, 5.74) is -1.47. The Hall–Kier alpha value is -2.91. The number of aromatic nitrogens is 2. The van der Waals surface area contributed by atoms with Gasteiger partial charge < -0.3 is 10.0 Å². The smallest absolute Gasteiger partial charge is 0.435 e. The number of piperidine rings is 1. The Balaban J connectivity index is 1.66. The molecule has 1 aliphatic rings. The lowest BCUT2D eigenvalue weighted by Crippen LogP contribution is -2.39. The molecule has 27 heavy (non-hydrogen) atoms. The molecule has 3 rings (SSSR count). The van der Waals surface area contributed by atoms with Crippen molar-refractivity contribution in [3.8, 4) is 0 Å². The fourth-order valence-electron chi connectivity index (χ4n) is 3.02. The molecule has 0 atom stereocenters. The van der Waals surface area contributed by atoms with Crippen LogP contribution in [-0.4, -0.2) is 44.8 Å². The maximum Gasteiger partial charge on any atom is 0.435 e. The summed E-state index contributed by atoms with van der Waals surface area (Å²) in [6.07, 6.45) is -2.50. The molecule has 1 saturated heterocycles. The second kappa shape index (κ2) is 7.01. The summed E-state index contributed by atoms with van der Waals surface area (Å²) in [6, 6.07) is 3.66. The van der Waals surface area contributed by atoms with Gasteiger partial charge in [-0.25, -0.2) is 9.18 Å². The molecule has 6 nitrogen and oxygen atoms in total. The third-order valence-corrected chi connectivity index (χ3v) is 4.47. The number of halogens is 4. The molecule has 1 amide bonds. The number of carbonyl (C=O) groups is 2. The second-order valence-corrected chi connectivity index (χ2v) is 6.20. The van der Waals surface area contributed by atoms with Crippen molar-refractivity contribution in [3.05, 3.63) is 53.1 Å². The molecule has 0 aliphatic carbocycles. The Kier molecular flexibility index (Phi) is 4.90. The molecule has 2 aromatic rings. The molecule has 1 N–H and O–H groups in total. The average molecular weight is 385 g/mol. The average Bonchev–Trinajstić information content (AvgIpc) is 3.11. The summed E-state index contributed by atoms with van der Waals surface area (Å²) in [4.78, 5) is 24.7. The number of carbonyl (C=O) groups excluding carboxylic acids is 1. The Bertz CT molecular complexity index is 871. The maximum absolute atomic E-state index is 14.0. The molecular formula is C17H15F4N3O3. The minimum Gasteiger partial charge on any atom is -0.478 e. The molecule has 1 fully saturated rings. The van der Waals surface area contributed by atoms with Crippen molar-refractivity contribution in [2.45, 2.75) is 25.1 Å². The van der Waals surface area contributed by atoms with E-state index in [1.54, 1.807) is 0 Å². The highest BCUT2D eigenvalue weighted by atomic mass is 19.4. The standard InChI is InChI=1S/C17H15F4N3O3/c18-13-9-10(16(26)27)1-2-12(13)15(25)23-6-3-11(4-7-23)24-8-5-14(22-24)17(19,20)21/h1-2,5,8-9,11H,3-4,6-7H2,(H,26,27). The van der Waals surface area contributed by atoms with E-state index >= 15 is 0 Å². The largest absolute Gasteiger partial charge is 0.478 e. The van der Waals surface area contributed by atoms with Crippen molar-refractivity contribution >= 4 is 11.9 Å². The van der Waals surface area contributed by atoms with E-state index in [0.717, 1.165) is 24.3 Å². The molecule has 0 unspecified atom stereocenters. The quantitative estimate of drug-likeness (QED) is 0.824. The molecule has 2 heterocycles. The number of nitrogens with zero attached hydrogens (tertiary/aromatic N) is 3. The van der Waals surface area contributed by atoms with E-state index in [1.165, 1.54) is 15.8 Å². The van der Waals surface area contributed by atoms with Crippen LogP contribution < -0.4 is 0 Å². The Morgan fingerprint density at radius 3 is 2.33 bits per heavy atom. The molecule has 1 aromatic heterocycles. The topological polar surface area (TPSA) is 75.4 Å². The summed E-state index contributed by atoms with van der Waals surface area (Å²) >= 11 is 0. The van der Waals surface area contributed by atoms with Crippen LogP contribution in [0, 0.1) is 5.82 Å². The molecule has 10 heteroatoms. The van der Waals surface area contributed by atoms with Gasteiger partial charge in [0.25, 0.3) is 5.91 Å². The first-order chi connectivity index (χ1) is 12.7. The van der Waals surface area contributed by atoms with Crippen LogP contribution in [0.25, 0.3) is 0 Å². The number of alkyl halides is 3. The van der Waals surface area contributed by atoms with Crippen LogP contribution in [0.4, 0.5) is 17.6 Å². The Morgan fingerprint density at radius 1 is 1.15 bits per heavy atom. The van der Waals surface area contributed by atoms with Crippen LogP contribution in [0.3, 0.4) is 0 Å². The van der Waals surface area contributed by atoms with Gasteiger partial charge in [0, 0.05) is 19.3 Å². The third-order valence-electron chi connectivity index (χ3n) is 4.47. The number of carboxylic acids is 1. The number of rotatable bonds is 3. The number of aromatic carboxylic acids is 1. The van der Waals surface area contributed by atoms with Gasteiger partial charge in [-0.15, -0.1) is 0 Å².